The molecule has 136 valence electrons. The average molecular weight is 357 g/mol. The van der Waals surface area contributed by atoms with E-state index in [1.807, 2.05) is 32.0 Å². The number of para-hydroxylation sites is 1. The summed E-state index contributed by atoms with van der Waals surface area (Å²) in [5.41, 5.74) is 0.783. The Kier molecular flexibility index (Phi) is 5.68. The molecule has 0 saturated carbocycles. The van der Waals surface area contributed by atoms with Crippen molar-refractivity contribution in [2.45, 2.75) is 20.5 Å². The van der Waals surface area contributed by atoms with Crippen LogP contribution in [0.4, 0.5) is 4.39 Å². The summed E-state index contributed by atoms with van der Waals surface area (Å²) in [4.78, 5) is 4.39. The van der Waals surface area contributed by atoms with Crippen LogP contribution in [0.5, 0.6) is 17.2 Å². The number of H-pyrrole nitrogens is 1. The standard InChI is InChI=1S/C19H20FN3O3/c1-3-24-16-10-9-13(11-17(16)25-4-2)19-21-18(22-23-19)12-26-15-8-6-5-7-14(15)20/h5-11H,3-4,12H2,1-2H3,(H,21,22,23). The zero-order valence-electron chi connectivity index (χ0n) is 14.7. The minimum Gasteiger partial charge on any atom is -0.490 e. The van der Waals surface area contributed by atoms with Gasteiger partial charge in [-0.3, -0.25) is 5.10 Å². The van der Waals surface area contributed by atoms with Crippen LogP contribution < -0.4 is 14.2 Å². The Balaban J connectivity index is 1.74. The normalized spacial score (nSPS) is 10.6. The van der Waals surface area contributed by atoms with Gasteiger partial charge in [0.15, 0.2) is 34.7 Å². The Labute approximate surface area is 150 Å². The summed E-state index contributed by atoms with van der Waals surface area (Å²) in [6, 6.07) is 11.7. The third-order valence-electron chi connectivity index (χ3n) is 3.53. The van der Waals surface area contributed by atoms with Crippen LogP contribution in [0.1, 0.15) is 19.7 Å². The Bertz CT molecular complexity index is 867. The van der Waals surface area contributed by atoms with E-state index in [0.717, 1.165) is 5.56 Å². The van der Waals surface area contributed by atoms with E-state index in [-0.39, 0.29) is 12.4 Å². The molecule has 3 aromatic rings. The fourth-order valence-corrected chi connectivity index (χ4v) is 2.39. The van der Waals surface area contributed by atoms with Gasteiger partial charge in [-0.05, 0) is 44.2 Å². The number of benzene rings is 2. The fraction of sp³-hybridized carbons (Fsp3) is 0.263. The van der Waals surface area contributed by atoms with Crippen molar-refractivity contribution in [2.75, 3.05) is 13.2 Å². The van der Waals surface area contributed by atoms with Crippen LogP contribution in [-0.4, -0.2) is 28.4 Å². The second-order valence-corrected chi connectivity index (χ2v) is 5.35. The van der Waals surface area contributed by atoms with Gasteiger partial charge in [0.2, 0.25) is 0 Å². The lowest BCUT2D eigenvalue weighted by atomic mass is 10.2. The molecule has 3 rings (SSSR count). The summed E-state index contributed by atoms with van der Waals surface area (Å²) in [5.74, 6) is 2.07. The van der Waals surface area contributed by atoms with Gasteiger partial charge >= 0.3 is 0 Å². The van der Waals surface area contributed by atoms with Gasteiger partial charge in [0, 0.05) is 5.56 Å². The average Bonchev–Trinajstić information content (AvgIpc) is 3.12. The Morgan fingerprint density at radius 3 is 2.46 bits per heavy atom. The molecule has 1 heterocycles. The van der Waals surface area contributed by atoms with Gasteiger partial charge in [-0.1, -0.05) is 12.1 Å². The van der Waals surface area contributed by atoms with Gasteiger partial charge in [0.1, 0.15) is 6.61 Å². The number of halogens is 1. The van der Waals surface area contributed by atoms with Gasteiger partial charge in [-0.2, -0.15) is 5.10 Å². The zero-order valence-corrected chi connectivity index (χ0v) is 14.7. The number of hydrogen-bond acceptors (Lipinski definition) is 5. The number of aromatic nitrogens is 3. The lowest BCUT2D eigenvalue weighted by Crippen LogP contribution is -1.99. The van der Waals surface area contributed by atoms with Gasteiger partial charge in [0.25, 0.3) is 0 Å². The topological polar surface area (TPSA) is 69.3 Å². The van der Waals surface area contributed by atoms with Crippen LogP contribution in [-0.2, 0) is 6.61 Å². The molecule has 0 spiro atoms. The predicted octanol–water partition coefficient (Wildman–Crippen LogP) is 3.99. The highest BCUT2D eigenvalue weighted by Crippen LogP contribution is 2.31. The van der Waals surface area contributed by atoms with Crippen molar-refractivity contribution >= 4 is 0 Å². The lowest BCUT2D eigenvalue weighted by molar-refractivity contribution is 0.281. The van der Waals surface area contributed by atoms with Crippen LogP contribution in [0.15, 0.2) is 42.5 Å². The summed E-state index contributed by atoms with van der Waals surface area (Å²) in [6.45, 7) is 4.99. The van der Waals surface area contributed by atoms with Crippen LogP contribution in [0.25, 0.3) is 11.4 Å². The van der Waals surface area contributed by atoms with Crippen molar-refractivity contribution in [3.63, 3.8) is 0 Å². The number of nitrogens with zero attached hydrogens (tertiary/aromatic N) is 2. The fourth-order valence-electron chi connectivity index (χ4n) is 2.39. The molecule has 6 nitrogen and oxygen atoms in total. The molecule has 0 radical (unpaired) electrons. The van der Waals surface area contributed by atoms with E-state index in [0.29, 0.717) is 36.4 Å². The second kappa shape index (κ2) is 8.33. The summed E-state index contributed by atoms with van der Waals surface area (Å²) in [5, 5.41) is 7.00. The molecule has 0 aliphatic rings. The molecule has 2 aromatic carbocycles. The van der Waals surface area contributed by atoms with Crippen molar-refractivity contribution in [3.8, 4) is 28.6 Å². The molecule has 0 atom stereocenters. The van der Waals surface area contributed by atoms with E-state index in [9.17, 15) is 4.39 Å². The first-order chi connectivity index (χ1) is 12.7. The molecular formula is C19H20FN3O3. The Hall–Kier alpha value is -3.09. The summed E-state index contributed by atoms with van der Waals surface area (Å²) < 4.78 is 30.2. The molecule has 0 aliphatic carbocycles. The zero-order chi connectivity index (χ0) is 18.4. The van der Waals surface area contributed by atoms with E-state index in [1.165, 1.54) is 6.07 Å². The molecule has 0 bridgehead atoms. The third-order valence-corrected chi connectivity index (χ3v) is 3.53. The van der Waals surface area contributed by atoms with E-state index < -0.39 is 5.82 Å². The molecule has 26 heavy (non-hydrogen) atoms. The third kappa shape index (κ3) is 4.11. The van der Waals surface area contributed by atoms with Crippen molar-refractivity contribution in [1.82, 2.24) is 15.2 Å². The first kappa shape index (κ1) is 17.7. The maximum Gasteiger partial charge on any atom is 0.181 e. The van der Waals surface area contributed by atoms with E-state index in [1.54, 1.807) is 18.2 Å². The smallest absolute Gasteiger partial charge is 0.181 e. The number of rotatable bonds is 8. The largest absolute Gasteiger partial charge is 0.490 e. The first-order valence-corrected chi connectivity index (χ1v) is 8.39. The number of aromatic amines is 1. The van der Waals surface area contributed by atoms with Crippen LogP contribution >= 0.6 is 0 Å². The Morgan fingerprint density at radius 2 is 1.69 bits per heavy atom. The minimum absolute atomic E-state index is 0.0866. The van der Waals surface area contributed by atoms with Crippen LogP contribution in [0.3, 0.4) is 0 Å². The molecule has 0 fully saturated rings. The summed E-state index contributed by atoms with van der Waals surface area (Å²) in [7, 11) is 0. The number of hydrogen-bond donors (Lipinski definition) is 1. The van der Waals surface area contributed by atoms with Crippen LogP contribution in [0.2, 0.25) is 0 Å². The van der Waals surface area contributed by atoms with Gasteiger partial charge in [-0.25, -0.2) is 9.37 Å². The molecule has 7 heteroatoms. The molecule has 0 saturated heterocycles. The highest BCUT2D eigenvalue weighted by atomic mass is 19.1. The number of ether oxygens (including phenoxy) is 3. The van der Waals surface area contributed by atoms with Gasteiger partial charge in [-0.15, -0.1) is 0 Å². The quantitative estimate of drug-likeness (QED) is 0.660. The maximum atomic E-state index is 13.6. The molecule has 0 unspecified atom stereocenters. The van der Waals surface area contributed by atoms with Crippen molar-refractivity contribution in [2.24, 2.45) is 0 Å². The van der Waals surface area contributed by atoms with Gasteiger partial charge in [0.05, 0.1) is 13.2 Å². The first-order valence-electron chi connectivity index (χ1n) is 8.39. The van der Waals surface area contributed by atoms with Crippen molar-refractivity contribution in [1.29, 1.82) is 0 Å². The predicted molar refractivity (Wildman–Crippen MR) is 94.9 cm³/mol. The summed E-state index contributed by atoms with van der Waals surface area (Å²) in [6.07, 6.45) is 0. The highest BCUT2D eigenvalue weighted by Gasteiger charge is 2.12. The van der Waals surface area contributed by atoms with E-state index in [2.05, 4.69) is 15.2 Å². The van der Waals surface area contributed by atoms with E-state index >= 15 is 0 Å². The van der Waals surface area contributed by atoms with Crippen molar-refractivity contribution in [3.05, 3.63) is 54.1 Å². The molecule has 1 aromatic heterocycles. The van der Waals surface area contributed by atoms with Gasteiger partial charge < -0.3 is 14.2 Å². The monoisotopic (exact) mass is 357 g/mol. The minimum atomic E-state index is -0.417. The molecule has 1 N–H and O–H groups in total. The van der Waals surface area contributed by atoms with Crippen molar-refractivity contribution < 1.29 is 18.6 Å². The SMILES string of the molecule is CCOc1ccc(-c2n[nH]c(COc3ccccc3F)n2)cc1OCC. The highest BCUT2D eigenvalue weighted by molar-refractivity contribution is 5.60. The van der Waals surface area contributed by atoms with Crippen LogP contribution in [0, 0.1) is 5.82 Å². The molecular weight excluding hydrogens is 337 g/mol. The molecule has 0 amide bonds. The molecule has 0 aliphatic heterocycles. The maximum absolute atomic E-state index is 13.6. The summed E-state index contributed by atoms with van der Waals surface area (Å²) >= 11 is 0. The second-order valence-electron chi connectivity index (χ2n) is 5.35. The Morgan fingerprint density at radius 1 is 0.923 bits per heavy atom. The lowest BCUT2D eigenvalue weighted by Gasteiger charge is -2.11. The van der Waals surface area contributed by atoms with E-state index in [4.69, 9.17) is 14.2 Å². The number of nitrogens with one attached hydrogen (secondary N) is 1.